The number of hydrogen-bond acceptors (Lipinski definition) is 4. The third-order valence-corrected chi connectivity index (χ3v) is 8.00. The van der Waals surface area contributed by atoms with Crippen LogP contribution in [0.25, 0.3) is 0 Å². The van der Waals surface area contributed by atoms with Gasteiger partial charge in [-0.2, -0.15) is 0 Å². The molecule has 174 valence electrons. The van der Waals surface area contributed by atoms with Crippen molar-refractivity contribution in [3.05, 3.63) is 58.1 Å². The van der Waals surface area contributed by atoms with Crippen LogP contribution in [0.1, 0.15) is 65.3 Å². The highest BCUT2D eigenvalue weighted by molar-refractivity contribution is 7.89. The molecule has 3 rings (SSSR count). The fourth-order valence-corrected chi connectivity index (χ4v) is 5.47. The number of benzene rings is 2. The molecule has 32 heavy (non-hydrogen) atoms. The summed E-state index contributed by atoms with van der Waals surface area (Å²) >= 11 is 0. The summed E-state index contributed by atoms with van der Waals surface area (Å²) in [7, 11) is -2.36. The molecule has 1 aliphatic rings. The lowest BCUT2D eigenvalue weighted by molar-refractivity contribution is 0.0693. The molecule has 1 heterocycles. The van der Waals surface area contributed by atoms with Crippen LogP contribution in [0.4, 0.5) is 0 Å². The van der Waals surface area contributed by atoms with Crippen LogP contribution in [0.3, 0.4) is 0 Å². The quantitative estimate of drug-likeness (QED) is 0.690. The normalized spacial score (nSPS) is 16.1. The third kappa shape index (κ3) is 5.15. The average Bonchev–Trinajstić information content (AvgIpc) is 2.75. The van der Waals surface area contributed by atoms with Crippen molar-refractivity contribution in [2.75, 3.05) is 20.2 Å². The predicted octanol–water partition coefficient (Wildman–Crippen LogP) is 4.53. The van der Waals surface area contributed by atoms with Gasteiger partial charge < -0.3 is 9.64 Å². The first-order valence-electron chi connectivity index (χ1n) is 11.1. The van der Waals surface area contributed by atoms with Gasteiger partial charge in [0.2, 0.25) is 10.0 Å². The predicted molar refractivity (Wildman–Crippen MR) is 127 cm³/mol. The number of rotatable bonds is 6. The first kappa shape index (κ1) is 24.3. The van der Waals surface area contributed by atoms with Gasteiger partial charge >= 0.3 is 0 Å². The monoisotopic (exact) mass is 458 g/mol. The molecule has 0 radical (unpaired) electrons. The molecule has 2 aromatic carbocycles. The van der Waals surface area contributed by atoms with E-state index in [2.05, 4.69) is 17.7 Å². The number of sulfonamides is 1. The molecule has 2 aromatic rings. The van der Waals surface area contributed by atoms with Gasteiger partial charge in [-0.15, -0.1) is 0 Å². The molecule has 1 fully saturated rings. The second kappa shape index (κ2) is 9.63. The minimum absolute atomic E-state index is 0.0559. The van der Waals surface area contributed by atoms with Gasteiger partial charge in [-0.1, -0.05) is 19.1 Å². The number of carbonyl (C=O) groups excluding carboxylic acids is 1. The summed E-state index contributed by atoms with van der Waals surface area (Å²) in [6.07, 6.45) is 1.89. The lowest BCUT2D eigenvalue weighted by atomic mass is 9.97. The van der Waals surface area contributed by atoms with E-state index in [9.17, 15) is 13.2 Å². The van der Waals surface area contributed by atoms with Crippen LogP contribution in [-0.4, -0.2) is 39.4 Å². The molecule has 6 nitrogen and oxygen atoms in total. The second-order valence-electron chi connectivity index (χ2n) is 8.97. The molecule has 0 bridgehead atoms. The van der Waals surface area contributed by atoms with E-state index in [1.807, 2.05) is 33.8 Å². The van der Waals surface area contributed by atoms with Crippen molar-refractivity contribution in [3.63, 3.8) is 0 Å². The summed E-state index contributed by atoms with van der Waals surface area (Å²) in [4.78, 5) is 15.0. The molecular weight excluding hydrogens is 424 g/mol. The summed E-state index contributed by atoms with van der Waals surface area (Å²) < 4.78 is 34.5. The number of likely N-dealkylation sites (tertiary alicyclic amines) is 1. The topological polar surface area (TPSA) is 75.7 Å². The second-order valence-corrected chi connectivity index (χ2v) is 10.7. The first-order chi connectivity index (χ1) is 15.0. The summed E-state index contributed by atoms with van der Waals surface area (Å²) in [5.41, 5.74) is 4.54. The van der Waals surface area contributed by atoms with Crippen LogP contribution < -0.4 is 9.46 Å². The van der Waals surface area contributed by atoms with Gasteiger partial charge in [0.15, 0.2) is 0 Å². The summed E-state index contributed by atoms with van der Waals surface area (Å²) in [6.45, 7) is 11.4. The fraction of sp³-hybridized carbons (Fsp3) is 0.480. The molecule has 0 aliphatic carbocycles. The average molecular weight is 459 g/mol. The van der Waals surface area contributed by atoms with Crippen molar-refractivity contribution < 1.29 is 17.9 Å². The molecule has 1 amide bonds. The van der Waals surface area contributed by atoms with E-state index >= 15 is 0 Å². The van der Waals surface area contributed by atoms with E-state index < -0.39 is 16.1 Å². The van der Waals surface area contributed by atoms with E-state index in [0.29, 0.717) is 24.8 Å². The van der Waals surface area contributed by atoms with E-state index in [-0.39, 0.29) is 16.4 Å². The molecule has 1 saturated heterocycles. The van der Waals surface area contributed by atoms with E-state index in [1.165, 1.54) is 24.8 Å². The Morgan fingerprint density at radius 1 is 1.06 bits per heavy atom. The molecule has 1 aliphatic heterocycles. The van der Waals surface area contributed by atoms with Gasteiger partial charge in [0.05, 0.1) is 17.6 Å². The highest BCUT2D eigenvalue weighted by atomic mass is 32.2. The Bertz CT molecular complexity index is 1100. The van der Waals surface area contributed by atoms with Crippen LogP contribution in [0.5, 0.6) is 5.75 Å². The number of nitrogens with zero attached hydrogens (tertiary/aromatic N) is 1. The van der Waals surface area contributed by atoms with Crippen LogP contribution in [0.2, 0.25) is 0 Å². The smallest absolute Gasteiger partial charge is 0.257 e. The Hall–Kier alpha value is -2.38. The van der Waals surface area contributed by atoms with E-state index in [0.717, 1.165) is 29.5 Å². The van der Waals surface area contributed by atoms with Crippen molar-refractivity contribution in [1.29, 1.82) is 0 Å². The molecule has 0 spiro atoms. The molecule has 7 heteroatoms. The molecular formula is C25H34N2O4S. The number of carbonyl (C=O) groups is 1. The number of aryl methyl sites for hydroxylation is 3. The fourth-order valence-electron chi connectivity index (χ4n) is 4.22. The summed E-state index contributed by atoms with van der Waals surface area (Å²) in [6, 6.07) is 8.15. The number of ether oxygens (including phenoxy) is 1. The minimum atomic E-state index is -3.84. The molecule has 0 saturated carbocycles. The van der Waals surface area contributed by atoms with Crippen LogP contribution in [0.15, 0.2) is 35.2 Å². The molecule has 1 atom stereocenters. The van der Waals surface area contributed by atoms with Gasteiger partial charge in [-0.3, -0.25) is 4.79 Å². The highest BCUT2D eigenvalue weighted by Crippen LogP contribution is 2.28. The van der Waals surface area contributed by atoms with Gasteiger partial charge in [0.1, 0.15) is 5.75 Å². The van der Waals surface area contributed by atoms with Crippen molar-refractivity contribution in [1.82, 2.24) is 9.62 Å². The minimum Gasteiger partial charge on any atom is -0.496 e. The Kier molecular flexibility index (Phi) is 7.30. The Balaban J connectivity index is 1.89. The van der Waals surface area contributed by atoms with E-state index in [1.54, 1.807) is 11.0 Å². The zero-order valence-corrected chi connectivity index (χ0v) is 20.7. The zero-order chi connectivity index (χ0) is 23.6. The maximum atomic E-state index is 13.2. The van der Waals surface area contributed by atoms with Crippen molar-refractivity contribution in [2.45, 2.75) is 58.4 Å². The number of amides is 1. The van der Waals surface area contributed by atoms with E-state index in [4.69, 9.17) is 4.74 Å². The van der Waals surface area contributed by atoms with Gasteiger partial charge in [0, 0.05) is 19.1 Å². The maximum absolute atomic E-state index is 13.2. The SMILES string of the molecule is COc1ccc(S(=O)(=O)N[C@@H](C)c2cc(C)c(C)cc2C)cc1C(=O)N1CCC(C)CC1. The van der Waals surface area contributed by atoms with Gasteiger partial charge in [-0.25, -0.2) is 13.1 Å². The zero-order valence-electron chi connectivity index (χ0n) is 19.9. The molecule has 1 N–H and O–H groups in total. The molecule has 0 unspecified atom stereocenters. The lowest BCUT2D eigenvalue weighted by Gasteiger charge is -2.30. The standard InChI is InChI=1S/C25H34N2O4S/c1-16-9-11-27(12-10-16)25(28)23-15-21(7-8-24(23)31-6)32(29,30)26-20(5)22-14-18(3)17(2)13-19(22)4/h7-8,13-16,20,26H,9-12H2,1-6H3/t20-/m0/s1. The summed E-state index contributed by atoms with van der Waals surface area (Å²) in [5.74, 6) is 0.779. The van der Waals surface area contributed by atoms with Crippen molar-refractivity contribution in [3.8, 4) is 5.75 Å². The van der Waals surface area contributed by atoms with Crippen LogP contribution >= 0.6 is 0 Å². The number of hydrogen-bond donors (Lipinski definition) is 1. The lowest BCUT2D eigenvalue weighted by Crippen LogP contribution is -2.38. The highest BCUT2D eigenvalue weighted by Gasteiger charge is 2.27. The van der Waals surface area contributed by atoms with Crippen molar-refractivity contribution >= 4 is 15.9 Å². The Morgan fingerprint density at radius 2 is 1.69 bits per heavy atom. The maximum Gasteiger partial charge on any atom is 0.257 e. The first-order valence-corrected chi connectivity index (χ1v) is 12.6. The largest absolute Gasteiger partial charge is 0.496 e. The number of piperidine rings is 1. The van der Waals surface area contributed by atoms with Crippen LogP contribution in [0, 0.1) is 26.7 Å². The summed E-state index contributed by atoms with van der Waals surface area (Å²) in [5, 5.41) is 0. The van der Waals surface area contributed by atoms with Crippen LogP contribution in [-0.2, 0) is 10.0 Å². The molecule has 0 aromatic heterocycles. The van der Waals surface area contributed by atoms with Crippen molar-refractivity contribution in [2.24, 2.45) is 5.92 Å². The Morgan fingerprint density at radius 3 is 2.31 bits per heavy atom. The Labute approximate surface area is 192 Å². The van der Waals surface area contributed by atoms with Gasteiger partial charge in [0.25, 0.3) is 5.91 Å². The third-order valence-electron chi connectivity index (χ3n) is 6.46. The van der Waals surface area contributed by atoms with Gasteiger partial charge in [-0.05, 0) is 86.9 Å². The number of methoxy groups -OCH3 is 1. The number of nitrogens with one attached hydrogen (secondary N) is 1.